The molecule has 3 aromatic rings. The zero-order valence-electron chi connectivity index (χ0n) is 17.5. The second-order valence-electron chi connectivity index (χ2n) is 7.70. The maximum absolute atomic E-state index is 12.8. The summed E-state index contributed by atoms with van der Waals surface area (Å²) in [6.45, 7) is 5.69. The number of hydrogen-bond donors (Lipinski definition) is 1. The normalized spacial score (nSPS) is 13.5. The molecule has 0 atom stereocenters. The topological polar surface area (TPSA) is 72.7 Å². The quantitative estimate of drug-likeness (QED) is 0.648. The first-order chi connectivity index (χ1) is 14.6. The minimum Gasteiger partial charge on any atom is -0.352 e. The SMILES string of the molecule is Cc1ccc(Sc2ncccc2C(=O)NCCc2nnc3n2CCCCC3)cc1C. The third kappa shape index (κ3) is 4.73. The predicted molar refractivity (Wildman–Crippen MR) is 118 cm³/mol. The van der Waals surface area contributed by atoms with E-state index in [-0.39, 0.29) is 5.91 Å². The van der Waals surface area contributed by atoms with Crippen molar-refractivity contribution in [3.05, 3.63) is 64.9 Å². The molecule has 30 heavy (non-hydrogen) atoms. The second-order valence-corrected chi connectivity index (χ2v) is 8.77. The highest BCUT2D eigenvalue weighted by molar-refractivity contribution is 7.99. The molecule has 1 aromatic carbocycles. The molecular weight excluding hydrogens is 394 g/mol. The molecule has 4 rings (SSSR count). The van der Waals surface area contributed by atoms with Crippen LogP contribution in [0, 0.1) is 13.8 Å². The van der Waals surface area contributed by atoms with Gasteiger partial charge in [-0.1, -0.05) is 24.2 Å². The molecule has 156 valence electrons. The molecule has 0 spiro atoms. The molecule has 0 unspecified atom stereocenters. The number of pyridine rings is 1. The number of hydrogen-bond acceptors (Lipinski definition) is 5. The van der Waals surface area contributed by atoms with Gasteiger partial charge in [0.05, 0.1) is 5.56 Å². The Kier molecular flexibility index (Phi) is 6.47. The fourth-order valence-electron chi connectivity index (χ4n) is 3.65. The third-order valence-corrected chi connectivity index (χ3v) is 6.54. The van der Waals surface area contributed by atoms with Crippen molar-refractivity contribution < 1.29 is 4.79 Å². The number of rotatable bonds is 6. The molecule has 6 nitrogen and oxygen atoms in total. The number of fused-ring (bicyclic) bond motifs is 1. The highest BCUT2D eigenvalue weighted by Crippen LogP contribution is 2.30. The summed E-state index contributed by atoms with van der Waals surface area (Å²) >= 11 is 1.52. The van der Waals surface area contributed by atoms with Gasteiger partial charge in [0, 0.05) is 37.0 Å². The summed E-state index contributed by atoms with van der Waals surface area (Å²) in [5.41, 5.74) is 3.08. The van der Waals surface area contributed by atoms with E-state index in [4.69, 9.17) is 0 Å². The highest BCUT2D eigenvalue weighted by Gasteiger charge is 2.16. The molecule has 7 heteroatoms. The molecule has 0 fully saturated rings. The van der Waals surface area contributed by atoms with Gasteiger partial charge in [-0.15, -0.1) is 10.2 Å². The summed E-state index contributed by atoms with van der Waals surface area (Å²) < 4.78 is 2.23. The lowest BCUT2D eigenvalue weighted by atomic mass is 10.1. The molecule has 1 amide bonds. The zero-order valence-corrected chi connectivity index (χ0v) is 18.3. The average molecular weight is 422 g/mol. The summed E-state index contributed by atoms with van der Waals surface area (Å²) in [6, 6.07) is 9.93. The minimum absolute atomic E-state index is 0.106. The Hall–Kier alpha value is -2.67. The maximum Gasteiger partial charge on any atom is 0.254 e. The van der Waals surface area contributed by atoms with Gasteiger partial charge in [0.2, 0.25) is 0 Å². The van der Waals surface area contributed by atoms with Gasteiger partial charge in [0.15, 0.2) is 0 Å². The van der Waals surface area contributed by atoms with Crippen molar-refractivity contribution in [3.63, 3.8) is 0 Å². The van der Waals surface area contributed by atoms with Crippen molar-refractivity contribution in [1.82, 2.24) is 25.1 Å². The summed E-state index contributed by atoms with van der Waals surface area (Å²) in [5, 5.41) is 12.4. The number of aryl methyl sites for hydroxylation is 3. The minimum atomic E-state index is -0.106. The monoisotopic (exact) mass is 421 g/mol. The van der Waals surface area contributed by atoms with Crippen molar-refractivity contribution in [1.29, 1.82) is 0 Å². The van der Waals surface area contributed by atoms with Crippen LogP contribution in [0.3, 0.4) is 0 Å². The van der Waals surface area contributed by atoms with Crippen LogP contribution in [0.15, 0.2) is 46.5 Å². The van der Waals surface area contributed by atoms with Crippen LogP contribution in [0.25, 0.3) is 0 Å². The predicted octanol–water partition coefficient (Wildman–Crippen LogP) is 4.14. The molecule has 0 saturated carbocycles. The van der Waals surface area contributed by atoms with Gasteiger partial charge in [-0.05, 0) is 62.1 Å². The van der Waals surface area contributed by atoms with E-state index in [9.17, 15) is 4.79 Å². The van der Waals surface area contributed by atoms with E-state index in [2.05, 4.69) is 57.1 Å². The van der Waals surface area contributed by atoms with Crippen molar-refractivity contribution in [3.8, 4) is 0 Å². The van der Waals surface area contributed by atoms with E-state index in [0.717, 1.165) is 34.5 Å². The van der Waals surface area contributed by atoms with E-state index in [1.165, 1.54) is 42.2 Å². The number of nitrogens with zero attached hydrogens (tertiary/aromatic N) is 4. The van der Waals surface area contributed by atoms with Gasteiger partial charge in [-0.25, -0.2) is 4.98 Å². The van der Waals surface area contributed by atoms with Crippen LogP contribution < -0.4 is 5.32 Å². The number of aromatic nitrogens is 4. The third-order valence-electron chi connectivity index (χ3n) is 5.53. The van der Waals surface area contributed by atoms with Crippen LogP contribution in [-0.4, -0.2) is 32.2 Å². The number of amides is 1. The zero-order chi connectivity index (χ0) is 20.9. The van der Waals surface area contributed by atoms with Gasteiger partial charge < -0.3 is 9.88 Å². The van der Waals surface area contributed by atoms with Gasteiger partial charge in [0.25, 0.3) is 5.91 Å². The summed E-state index contributed by atoms with van der Waals surface area (Å²) in [6.07, 6.45) is 6.98. The van der Waals surface area contributed by atoms with Crippen LogP contribution in [0.5, 0.6) is 0 Å². The first-order valence-electron chi connectivity index (χ1n) is 10.5. The van der Waals surface area contributed by atoms with E-state index >= 15 is 0 Å². The van der Waals surface area contributed by atoms with Crippen molar-refractivity contribution in [2.24, 2.45) is 0 Å². The van der Waals surface area contributed by atoms with Gasteiger partial charge in [-0.3, -0.25) is 4.79 Å². The number of nitrogens with one attached hydrogen (secondary N) is 1. The first kappa shape index (κ1) is 20.6. The van der Waals surface area contributed by atoms with Crippen LogP contribution in [-0.2, 0) is 19.4 Å². The Morgan fingerprint density at radius 1 is 1.13 bits per heavy atom. The Labute approximate surface area is 181 Å². The fourth-order valence-corrected chi connectivity index (χ4v) is 4.63. The Balaban J connectivity index is 1.40. The molecule has 2 aromatic heterocycles. The molecule has 0 radical (unpaired) electrons. The lowest BCUT2D eigenvalue weighted by Gasteiger charge is -2.10. The average Bonchev–Trinajstić information content (AvgIpc) is 2.97. The smallest absolute Gasteiger partial charge is 0.254 e. The number of carbonyl (C=O) groups excluding carboxylic acids is 1. The number of carbonyl (C=O) groups is 1. The van der Waals surface area contributed by atoms with Crippen molar-refractivity contribution in [2.75, 3.05) is 6.54 Å². The van der Waals surface area contributed by atoms with E-state index in [1.54, 1.807) is 12.3 Å². The Morgan fingerprint density at radius 3 is 2.90 bits per heavy atom. The highest BCUT2D eigenvalue weighted by atomic mass is 32.2. The largest absolute Gasteiger partial charge is 0.352 e. The first-order valence-corrected chi connectivity index (χ1v) is 11.3. The fraction of sp³-hybridized carbons (Fsp3) is 0.391. The van der Waals surface area contributed by atoms with E-state index < -0.39 is 0 Å². The van der Waals surface area contributed by atoms with E-state index in [0.29, 0.717) is 18.5 Å². The summed E-state index contributed by atoms with van der Waals surface area (Å²) in [5.74, 6) is 1.93. The molecule has 1 aliphatic heterocycles. The lowest BCUT2D eigenvalue weighted by molar-refractivity contribution is 0.0950. The maximum atomic E-state index is 12.8. The second kappa shape index (κ2) is 9.43. The van der Waals surface area contributed by atoms with Crippen LogP contribution >= 0.6 is 11.8 Å². The summed E-state index contributed by atoms with van der Waals surface area (Å²) in [4.78, 5) is 18.4. The number of benzene rings is 1. The van der Waals surface area contributed by atoms with Gasteiger partial charge in [-0.2, -0.15) is 0 Å². The lowest BCUT2D eigenvalue weighted by Crippen LogP contribution is -2.27. The Bertz CT molecular complexity index is 1050. The summed E-state index contributed by atoms with van der Waals surface area (Å²) in [7, 11) is 0. The van der Waals surface area contributed by atoms with Crippen LogP contribution in [0.2, 0.25) is 0 Å². The Morgan fingerprint density at radius 2 is 2.03 bits per heavy atom. The van der Waals surface area contributed by atoms with Crippen molar-refractivity contribution in [2.45, 2.75) is 62.4 Å². The molecule has 0 saturated heterocycles. The molecule has 0 aliphatic carbocycles. The van der Waals surface area contributed by atoms with Gasteiger partial charge >= 0.3 is 0 Å². The van der Waals surface area contributed by atoms with Gasteiger partial charge in [0.1, 0.15) is 16.7 Å². The molecule has 0 bridgehead atoms. The van der Waals surface area contributed by atoms with Crippen molar-refractivity contribution >= 4 is 17.7 Å². The molecule has 1 aliphatic rings. The van der Waals surface area contributed by atoms with Crippen LogP contribution in [0.1, 0.15) is 52.4 Å². The molecule has 3 heterocycles. The molecule has 1 N–H and O–H groups in total. The van der Waals surface area contributed by atoms with E-state index in [1.807, 2.05) is 6.07 Å². The standard InChI is InChI=1S/C23H27N5OS/c1-16-9-10-18(15-17(16)2)30-23-19(7-6-12-25-23)22(29)24-13-11-21-27-26-20-8-4-3-5-14-28(20)21/h6-7,9-10,12,15H,3-5,8,11,13-14H2,1-2H3,(H,24,29). The van der Waals surface area contributed by atoms with Crippen LogP contribution in [0.4, 0.5) is 0 Å². The molecular formula is C23H27N5OS.